The van der Waals surface area contributed by atoms with Gasteiger partial charge in [-0.15, -0.1) is 0 Å². The maximum Gasteiger partial charge on any atom is 0.253 e. The predicted octanol–water partition coefficient (Wildman–Crippen LogP) is -2.22. The molecule has 3 heteroatoms. The van der Waals surface area contributed by atoms with Crippen molar-refractivity contribution in [3.8, 4) is 0 Å². The number of halogens is 1. The molecular formula is C8H15FN2. The lowest BCUT2D eigenvalue weighted by atomic mass is 10.4. The smallest absolute Gasteiger partial charge is 0.253 e. The highest BCUT2D eigenvalue weighted by atomic mass is 19.0. The third-order valence-electron chi connectivity index (χ3n) is 2.50. The number of aromatic nitrogens is 2. The second-order valence-corrected chi connectivity index (χ2v) is 2.84. The maximum atomic E-state index is 2.20. The van der Waals surface area contributed by atoms with E-state index in [0.29, 0.717) is 0 Å². The van der Waals surface area contributed by atoms with Gasteiger partial charge < -0.3 is 4.70 Å². The van der Waals surface area contributed by atoms with Crippen molar-refractivity contribution in [1.82, 2.24) is 4.57 Å². The molecule has 0 N–H and O–H groups in total. The van der Waals surface area contributed by atoms with Gasteiger partial charge in [0.25, 0.3) is 5.82 Å². The van der Waals surface area contributed by atoms with E-state index in [9.17, 15) is 0 Å². The van der Waals surface area contributed by atoms with Crippen LogP contribution in [0.5, 0.6) is 0 Å². The predicted molar refractivity (Wildman–Crippen MR) is 40.8 cm³/mol. The zero-order valence-electron chi connectivity index (χ0n) is 7.77. The largest absolute Gasteiger partial charge is 1.00 e. The minimum absolute atomic E-state index is 0. The van der Waals surface area contributed by atoms with Crippen LogP contribution in [0.3, 0.4) is 0 Å². The number of nitrogens with zero attached hydrogens (tertiary/aromatic N) is 2. The average Bonchev–Trinajstić information content (AvgIpc) is 2.07. The standard InChI is InChI=1S/C8H15N2.FH/c1-6-7(2)10(5)8(3)9(6)4;/h1-5H3;1H/q+1;/p-1. The van der Waals surface area contributed by atoms with Gasteiger partial charge in [0.1, 0.15) is 11.4 Å². The first kappa shape index (κ1) is 10.1. The normalized spacial score (nSPS) is 9.55. The molecule has 0 saturated heterocycles. The molecule has 0 aliphatic heterocycles. The number of imidazole rings is 1. The van der Waals surface area contributed by atoms with Gasteiger partial charge in [0, 0.05) is 20.8 Å². The molecule has 0 aliphatic carbocycles. The Morgan fingerprint density at radius 3 is 1.73 bits per heavy atom. The highest BCUT2D eigenvalue weighted by Gasteiger charge is 2.14. The first-order valence-electron chi connectivity index (χ1n) is 3.54. The number of hydrogen-bond acceptors (Lipinski definition) is 0. The summed E-state index contributed by atoms with van der Waals surface area (Å²) in [5, 5.41) is 0. The number of rotatable bonds is 0. The van der Waals surface area contributed by atoms with Gasteiger partial charge in [-0.2, -0.15) is 0 Å². The van der Waals surface area contributed by atoms with Crippen molar-refractivity contribution in [3.63, 3.8) is 0 Å². The summed E-state index contributed by atoms with van der Waals surface area (Å²) in [5.74, 6) is 1.30. The van der Waals surface area contributed by atoms with Gasteiger partial charge in [-0.25, -0.2) is 9.13 Å². The lowest BCUT2D eigenvalue weighted by Crippen LogP contribution is -3.00. The molecule has 0 aromatic carbocycles. The highest BCUT2D eigenvalue weighted by molar-refractivity contribution is 5.05. The van der Waals surface area contributed by atoms with Crippen molar-refractivity contribution >= 4 is 0 Å². The van der Waals surface area contributed by atoms with Gasteiger partial charge in [-0.3, -0.25) is 0 Å². The molecule has 0 unspecified atom stereocenters. The molecule has 2 nitrogen and oxygen atoms in total. The van der Waals surface area contributed by atoms with Crippen LogP contribution in [0.2, 0.25) is 0 Å². The monoisotopic (exact) mass is 158 g/mol. The van der Waals surface area contributed by atoms with E-state index in [1.54, 1.807) is 0 Å². The van der Waals surface area contributed by atoms with Gasteiger partial charge in [-0.05, 0) is 0 Å². The fraction of sp³-hybridized carbons (Fsp3) is 0.625. The molecule has 0 bridgehead atoms. The third kappa shape index (κ3) is 1.27. The van der Waals surface area contributed by atoms with Crippen molar-refractivity contribution < 1.29 is 9.27 Å². The molecule has 0 fully saturated rings. The van der Waals surface area contributed by atoms with Crippen LogP contribution in [0.25, 0.3) is 0 Å². The summed E-state index contributed by atoms with van der Waals surface area (Å²) in [6.45, 7) is 6.41. The van der Waals surface area contributed by atoms with E-state index in [1.807, 2.05) is 0 Å². The zero-order valence-corrected chi connectivity index (χ0v) is 7.77. The first-order chi connectivity index (χ1) is 4.55. The summed E-state index contributed by atoms with van der Waals surface area (Å²) in [5.41, 5.74) is 2.69. The molecule has 0 saturated carbocycles. The summed E-state index contributed by atoms with van der Waals surface area (Å²) < 4.78 is 4.41. The van der Waals surface area contributed by atoms with Crippen LogP contribution in [-0.4, -0.2) is 4.57 Å². The summed E-state index contributed by atoms with van der Waals surface area (Å²) in [6.07, 6.45) is 0. The molecule has 0 radical (unpaired) electrons. The summed E-state index contributed by atoms with van der Waals surface area (Å²) >= 11 is 0. The summed E-state index contributed by atoms with van der Waals surface area (Å²) in [4.78, 5) is 0. The Morgan fingerprint density at radius 2 is 1.64 bits per heavy atom. The summed E-state index contributed by atoms with van der Waals surface area (Å²) in [7, 11) is 4.19. The Hall–Kier alpha value is -0.860. The molecule has 1 rings (SSSR count). The third-order valence-corrected chi connectivity index (χ3v) is 2.50. The van der Waals surface area contributed by atoms with Crippen molar-refractivity contribution in [2.45, 2.75) is 20.8 Å². The van der Waals surface area contributed by atoms with Crippen LogP contribution >= 0.6 is 0 Å². The first-order valence-corrected chi connectivity index (χ1v) is 3.54. The van der Waals surface area contributed by atoms with E-state index in [1.165, 1.54) is 17.2 Å². The van der Waals surface area contributed by atoms with Gasteiger partial charge in [0.2, 0.25) is 0 Å². The van der Waals surface area contributed by atoms with Crippen molar-refractivity contribution in [2.24, 2.45) is 14.1 Å². The Morgan fingerprint density at radius 1 is 1.18 bits per heavy atom. The molecule has 0 spiro atoms. The van der Waals surface area contributed by atoms with E-state index in [4.69, 9.17) is 0 Å². The zero-order chi connectivity index (χ0) is 7.89. The van der Waals surface area contributed by atoms with Crippen LogP contribution in [-0.2, 0) is 14.1 Å². The van der Waals surface area contributed by atoms with E-state index in [-0.39, 0.29) is 4.70 Å². The van der Waals surface area contributed by atoms with E-state index in [2.05, 4.69) is 44.0 Å². The van der Waals surface area contributed by atoms with Gasteiger partial charge in [0.05, 0.1) is 14.1 Å². The second kappa shape index (κ2) is 3.03. The van der Waals surface area contributed by atoms with Gasteiger partial charge >= 0.3 is 0 Å². The molecule has 0 amide bonds. The quantitative estimate of drug-likeness (QED) is 0.378. The Kier molecular flexibility index (Phi) is 2.79. The van der Waals surface area contributed by atoms with Gasteiger partial charge in [-0.1, -0.05) is 0 Å². The second-order valence-electron chi connectivity index (χ2n) is 2.84. The van der Waals surface area contributed by atoms with E-state index in [0.717, 1.165) is 0 Å². The van der Waals surface area contributed by atoms with Crippen molar-refractivity contribution in [1.29, 1.82) is 0 Å². The summed E-state index contributed by atoms with van der Waals surface area (Å²) in [6, 6.07) is 0. The minimum Gasteiger partial charge on any atom is -1.00 e. The number of hydrogen-bond donors (Lipinski definition) is 0. The molecule has 64 valence electrons. The fourth-order valence-corrected chi connectivity index (χ4v) is 1.20. The molecule has 1 aromatic heterocycles. The average molecular weight is 158 g/mol. The van der Waals surface area contributed by atoms with Crippen LogP contribution < -0.4 is 9.27 Å². The van der Waals surface area contributed by atoms with Crippen LogP contribution in [0.1, 0.15) is 17.2 Å². The van der Waals surface area contributed by atoms with Crippen molar-refractivity contribution in [3.05, 3.63) is 17.2 Å². The lowest BCUT2D eigenvalue weighted by Gasteiger charge is -1.87. The molecule has 1 heterocycles. The fourth-order valence-electron chi connectivity index (χ4n) is 1.20. The molecular weight excluding hydrogens is 143 g/mol. The lowest BCUT2D eigenvalue weighted by molar-refractivity contribution is -0.683. The molecule has 0 atom stereocenters. The topological polar surface area (TPSA) is 8.81 Å². The Bertz CT molecular complexity index is 183. The Labute approximate surface area is 66.8 Å². The molecule has 11 heavy (non-hydrogen) atoms. The highest BCUT2D eigenvalue weighted by Crippen LogP contribution is 2.02. The molecule has 0 aliphatic rings. The van der Waals surface area contributed by atoms with Crippen LogP contribution in [0.15, 0.2) is 0 Å². The van der Waals surface area contributed by atoms with Crippen molar-refractivity contribution in [2.75, 3.05) is 0 Å². The molecule has 1 aromatic rings. The van der Waals surface area contributed by atoms with Crippen LogP contribution in [0.4, 0.5) is 0 Å². The Balaban J connectivity index is 0.000001000. The SMILES string of the molecule is Cc1c(C)[n+](C)c(C)n1C.[F-]. The maximum absolute atomic E-state index is 2.20. The van der Waals surface area contributed by atoms with Gasteiger partial charge in [0.15, 0.2) is 0 Å². The van der Waals surface area contributed by atoms with E-state index >= 15 is 0 Å². The van der Waals surface area contributed by atoms with Crippen LogP contribution in [0, 0.1) is 20.8 Å². The minimum atomic E-state index is 0. The van der Waals surface area contributed by atoms with E-state index < -0.39 is 0 Å².